The molecule has 0 amide bonds. The normalized spacial score (nSPS) is 17.1. The van der Waals surface area contributed by atoms with Gasteiger partial charge in [0, 0.05) is 68.3 Å². The summed E-state index contributed by atoms with van der Waals surface area (Å²) in [6, 6.07) is 72.4. The SMILES string of the molecule is O=P1(c2ccccc2)c2ccccc2C2(c3ccccc3N(c3ccccc3)c3cc(-c4cc(-c5cccnc5)cc(-c5cccnc5)c4)ccc32)c2cc3c(cc21)oc1ccccc13. The molecule has 1 spiro atoms. The Morgan fingerprint density at radius 3 is 1.75 bits per heavy atom. The van der Waals surface area contributed by atoms with E-state index in [9.17, 15) is 0 Å². The topological polar surface area (TPSA) is 59.2 Å². The highest BCUT2D eigenvalue weighted by molar-refractivity contribution is 7.85. The lowest BCUT2D eigenvalue weighted by atomic mass is 9.61. The number of furan rings is 1. The summed E-state index contributed by atoms with van der Waals surface area (Å²) in [6.07, 6.45) is 7.46. The Balaban J connectivity index is 1.16. The van der Waals surface area contributed by atoms with Crippen LogP contribution in [0.3, 0.4) is 0 Å². The molecule has 0 bridgehead atoms. The van der Waals surface area contributed by atoms with Gasteiger partial charge >= 0.3 is 0 Å². The highest BCUT2D eigenvalue weighted by atomic mass is 31.2. The average molecular weight is 852 g/mol. The van der Waals surface area contributed by atoms with Gasteiger partial charge in [-0.05, 0) is 117 Å². The summed E-state index contributed by atoms with van der Waals surface area (Å²) in [7, 11) is -3.49. The fraction of sp³-hybridized carbons (Fsp3) is 0.0169. The van der Waals surface area contributed by atoms with Gasteiger partial charge in [0.05, 0.1) is 16.8 Å². The summed E-state index contributed by atoms with van der Waals surface area (Å²) in [5.74, 6) is 0. The van der Waals surface area contributed by atoms with Crippen LogP contribution in [0.1, 0.15) is 22.3 Å². The zero-order chi connectivity index (χ0) is 43.1. The number of benzene rings is 8. The standard InChI is InChI=1S/C59H38N3O2P/c63-65(46-19-5-2-6-20-46)57-26-12-9-23-51(57)59(52-35-48-47-21-7-11-25-55(47)64-56(48)36-58(52)65)49-22-8-10-24-53(49)62(45-17-3-1-4-18-45)54-34-39(27-28-50(54)59)42-31-43(40-15-13-29-60-37-40)33-44(32-42)41-16-14-30-61-38-41/h1-38H. The predicted molar refractivity (Wildman–Crippen MR) is 265 cm³/mol. The number of anilines is 3. The molecule has 3 aromatic heterocycles. The first-order valence-corrected chi connectivity index (χ1v) is 23.6. The van der Waals surface area contributed by atoms with Gasteiger partial charge in [-0.25, -0.2) is 0 Å². The zero-order valence-electron chi connectivity index (χ0n) is 35.0. The molecule has 0 aliphatic carbocycles. The molecule has 6 heteroatoms. The Kier molecular flexibility index (Phi) is 8.33. The lowest BCUT2D eigenvalue weighted by Crippen LogP contribution is -2.49. The minimum Gasteiger partial charge on any atom is -0.456 e. The van der Waals surface area contributed by atoms with Crippen molar-refractivity contribution in [1.82, 2.24) is 9.97 Å². The number of pyridine rings is 2. The molecule has 0 radical (unpaired) electrons. The summed E-state index contributed by atoms with van der Waals surface area (Å²) in [5, 5.41) is 4.43. The molecule has 2 unspecified atom stereocenters. The Morgan fingerprint density at radius 2 is 1.03 bits per heavy atom. The largest absolute Gasteiger partial charge is 0.456 e. The fourth-order valence-electron chi connectivity index (χ4n) is 10.7. The Hall–Kier alpha value is -8.11. The third kappa shape index (κ3) is 5.49. The molecule has 11 aromatic rings. The molecule has 0 N–H and O–H groups in total. The molecular formula is C59H38N3O2P. The van der Waals surface area contributed by atoms with E-state index in [0.29, 0.717) is 0 Å². The molecule has 13 rings (SSSR count). The first kappa shape index (κ1) is 37.4. The lowest BCUT2D eigenvalue weighted by Gasteiger charge is -2.50. The third-order valence-corrected chi connectivity index (χ3v) is 16.6. The molecule has 2 aliphatic heterocycles. The van der Waals surface area contributed by atoms with Crippen molar-refractivity contribution >= 4 is 62.1 Å². The Morgan fingerprint density at radius 1 is 0.415 bits per heavy atom. The van der Waals surface area contributed by atoms with Crippen molar-refractivity contribution in [2.24, 2.45) is 0 Å². The number of fused-ring (bicyclic) bond motifs is 11. The Bertz CT molecular complexity index is 3650. The number of para-hydroxylation sites is 3. The van der Waals surface area contributed by atoms with Crippen LogP contribution in [-0.4, -0.2) is 9.97 Å². The van der Waals surface area contributed by atoms with Crippen LogP contribution in [0.15, 0.2) is 235 Å². The van der Waals surface area contributed by atoms with Crippen molar-refractivity contribution < 1.29 is 8.98 Å². The van der Waals surface area contributed by atoms with E-state index < -0.39 is 12.6 Å². The van der Waals surface area contributed by atoms with Crippen molar-refractivity contribution in [3.05, 3.63) is 253 Å². The van der Waals surface area contributed by atoms with E-state index in [1.54, 1.807) is 0 Å². The number of hydrogen-bond donors (Lipinski definition) is 0. The molecule has 8 aromatic carbocycles. The molecule has 5 nitrogen and oxygen atoms in total. The minimum absolute atomic E-state index is 0.721. The van der Waals surface area contributed by atoms with Gasteiger partial charge in [0.25, 0.3) is 0 Å². The predicted octanol–water partition coefficient (Wildman–Crippen LogP) is 13.5. The van der Waals surface area contributed by atoms with Crippen molar-refractivity contribution in [2.75, 3.05) is 4.90 Å². The first-order valence-electron chi connectivity index (χ1n) is 21.9. The van der Waals surface area contributed by atoms with Gasteiger partial charge in [0.1, 0.15) is 11.2 Å². The summed E-state index contributed by atoms with van der Waals surface area (Å²) in [4.78, 5) is 11.4. The van der Waals surface area contributed by atoms with Crippen LogP contribution in [0.2, 0.25) is 0 Å². The van der Waals surface area contributed by atoms with Crippen molar-refractivity contribution in [3.63, 3.8) is 0 Å². The second-order valence-corrected chi connectivity index (χ2v) is 19.6. The molecule has 2 aliphatic rings. The van der Waals surface area contributed by atoms with Gasteiger partial charge in [-0.3, -0.25) is 9.97 Å². The van der Waals surface area contributed by atoms with Crippen LogP contribution in [0.25, 0.3) is 55.3 Å². The van der Waals surface area contributed by atoms with Crippen LogP contribution in [0, 0.1) is 0 Å². The van der Waals surface area contributed by atoms with Crippen molar-refractivity contribution in [3.8, 4) is 33.4 Å². The van der Waals surface area contributed by atoms with E-state index in [1.807, 2.05) is 85.5 Å². The molecule has 0 saturated carbocycles. The number of nitrogens with zero attached hydrogens (tertiary/aromatic N) is 3. The molecule has 0 saturated heterocycles. The number of hydrogen-bond acceptors (Lipinski definition) is 5. The van der Waals surface area contributed by atoms with E-state index in [2.05, 4.69) is 160 Å². The lowest BCUT2D eigenvalue weighted by molar-refractivity contribution is 0.590. The van der Waals surface area contributed by atoms with Crippen LogP contribution >= 0.6 is 7.14 Å². The second-order valence-electron chi connectivity index (χ2n) is 16.9. The van der Waals surface area contributed by atoms with Crippen LogP contribution < -0.4 is 20.8 Å². The minimum atomic E-state index is -3.49. The quantitative estimate of drug-likeness (QED) is 0.161. The molecular weight excluding hydrogens is 814 g/mol. The van der Waals surface area contributed by atoms with Crippen molar-refractivity contribution in [1.29, 1.82) is 0 Å². The second kappa shape index (κ2) is 14.5. The van der Waals surface area contributed by atoms with Gasteiger partial charge in [-0.15, -0.1) is 0 Å². The van der Waals surface area contributed by atoms with Gasteiger partial charge in [-0.2, -0.15) is 0 Å². The number of aromatic nitrogens is 2. The van der Waals surface area contributed by atoms with E-state index in [1.165, 1.54) is 0 Å². The first-order chi connectivity index (χ1) is 32.1. The molecule has 5 heterocycles. The van der Waals surface area contributed by atoms with E-state index >= 15 is 4.57 Å². The van der Waals surface area contributed by atoms with Gasteiger partial charge in [0.15, 0.2) is 7.14 Å². The summed E-state index contributed by atoms with van der Waals surface area (Å²) in [5.41, 5.74) is 14.3. The third-order valence-electron chi connectivity index (χ3n) is 13.5. The summed E-state index contributed by atoms with van der Waals surface area (Å²) >= 11 is 0. The van der Waals surface area contributed by atoms with Crippen LogP contribution in [0.4, 0.5) is 17.1 Å². The van der Waals surface area contributed by atoms with Gasteiger partial charge in [0.2, 0.25) is 0 Å². The van der Waals surface area contributed by atoms with Crippen LogP contribution in [-0.2, 0) is 9.98 Å². The fourth-order valence-corrected chi connectivity index (χ4v) is 13.8. The highest BCUT2D eigenvalue weighted by Gasteiger charge is 2.55. The van der Waals surface area contributed by atoms with Gasteiger partial charge in [-0.1, -0.05) is 133 Å². The molecule has 306 valence electrons. The maximum Gasteiger partial charge on any atom is 0.171 e. The average Bonchev–Trinajstić information content (AvgIpc) is 3.75. The number of rotatable bonds is 5. The van der Waals surface area contributed by atoms with E-state index in [4.69, 9.17) is 4.42 Å². The zero-order valence-corrected chi connectivity index (χ0v) is 35.9. The summed E-state index contributed by atoms with van der Waals surface area (Å²) in [6.45, 7) is 0. The summed E-state index contributed by atoms with van der Waals surface area (Å²) < 4.78 is 23.4. The maximum atomic E-state index is 16.8. The van der Waals surface area contributed by atoms with E-state index in [-0.39, 0.29) is 0 Å². The Labute approximate surface area is 376 Å². The monoisotopic (exact) mass is 851 g/mol. The van der Waals surface area contributed by atoms with Gasteiger partial charge < -0.3 is 13.9 Å². The van der Waals surface area contributed by atoms with Crippen molar-refractivity contribution in [2.45, 2.75) is 5.41 Å². The van der Waals surface area contributed by atoms with E-state index in [0.717, 1.165) is 111 Å². The smallest absolute Gasteiger partial charge is 0.171 e. The maximum absolute atomic E-state index is 16.8. The van der Waals surface area contributed by atoms with Crippen LogP contribution in [0.5, 0.6) is 0 Å². The molecule has 2 atom stereocenters. The highest BCUT2D eigenvalue weighted by Crippen LogP contribution is 2.63. The molecule has 0 fully saturated rings. The molecule has 65 heavy (non-hydrogen) atoms.